The van der Waals surface area contributed by atoms with Crippen molar-refractivity contribution in [1.29, 1.82) is 0 Å². The van der Waals surface area contributed by atoms with Gasteiger partial charge >= 0.3 is 0 Å². The van der Waals surface area contributed by atoms with Gasteiger partial charge in [0.2, 0.25) is 0 Å². The van der Waals surface area contributed by atoms with E-state index in [-0.39, 0.29) is 17.0 Å². The third-order valence-corrected chi connectivity index (χ3v) is 3.37. The summed E-state index contributed by atoms with van der Waals surface area (Å²) >= 11 is 0. The molecule has 1 aromatic heterocycles. The minimum absolute atomic E-state index is 0.243. The van der Waals surface area contributed by atoms with Crippen LogP contribution in [-0.2, 0) is 0 Å². The molecule has 0 amide bonds. The lowest BCUT2D eigenvalue weighted by molar-refractivity contribution is -0.245. The summed E-state index contributed by atoms with van der Waals surface area (Å²) in [6.45, 7) is 8.12. The topological polar surface area (TPSA) is 77.9 Å². The summed E-state index contributed by atoms with van der Waals surface area (Å²) in [5.41, 5.74) is -0.542. The summed E-state index contributed by atoms with van der Waals surface area (Å²) in [7, 11) is 0. The van der Waals surface area contributed by atoms with E-state index >= 15 is 0 Å². The number of H-pyrrole nitrogens is 1. The molecule has 6 nitrogen and oxygen atoms in total. The van der Waals surface area contributed by atoms with Crippen LogP contribution >= 0.6 is 0 Å². The summed E-state index contributed by atoms with van der Waals surface area (Å²) in [6.07, 6.45) is 1.65. The van der Waals surface area contributed by atoms with Crippen LogP contribution in [0, 0.1) is 0 Å². The predicted octanol–water partition coefficient (Wildman–Crippen LogP) is 1.33. The third-order valence-electron chi connectivity index (χ3n) is 3.37. The normalized spacial score (nSPS) is 25.8. The number of tetrazole rings is 1. The Kier molecular flexibility index (Phi) is 2.51. The first-order valence-electron chi connectivity index (χ1n) is 5.55. The van der Waals surface area contributed by atoms with E-state index in [1.54, 1.807) is 0 Å². The van der Waals surface area contributed by atoms with E-state index in [1.807, 2.05) is 27.7 Å². The Morgan fingerprint density at radius 3 is 2.25 bits per heavy atom. The van der Waals surface area contributed by atoms with Gasteiger partial charge in [-0.05, 0) is 40.5 Å². The molecule has 6 heteroatoms. The van der Waals surface area contributed by atoms with Gasteiger partial charge in [0.1, 0.15) is 0 Å². The number of hydroxylamine groups is 2. The summed E-state index contributed by atoms with van der Waals surface area (Å²) in [6, 6.07) is 0. The number of nitrogens with one attached hydrogen (secondary N) is 1. The fourth-order valence-corrected chi connectivity index (χ4v) is 2.80. The van der Waals surface area contributed by atoms with Crippen LogP contribution in [0.1, 0.15) is 52.3 Å². The average molecular weight is 225 g/mol. The summed E-state index contributed by atoms with van der Waals surface area (Å²) < 4.78 is 0. The number of hydrogen-bond acceptors (Lipinski definition) is 5. The van der Waals surface area contributed by atoms with Gasteiger partial charge in [0, 0.05) is 17.0 Å². The van der Waals surface area contributed by atoms with Crippen molar-refractivity contribution in [2.24, 2.45) is 0 Å². The maximum atomic E-state index is 10.1. The van der Waals surface area contributed by atoms with Crippen LogP contribution in [0.2, 0.25) is 0 Å². The number of rotatable bonds is 1. The van der Waals surface area contributed by atoms with Gasteiger partial charge < -0.3 is 5.21 Å². The van der Waals surface area contributed by atoms with Crippen molar-refractivity contribution in [3.05, 3.63) is 5.82 Å². The zero-order valence-corrected chi connectivity index (χ0v) is 10.2. The van der Waals surface area contributed by atoms with Gasteiger partial charge in [0.25, 0.3) is 0 Å². The molecule has 90 valence electrons. The Hall–Kier alpha value is -1.01. The van der Waals surface area contributed by atoms with Gasteiger partial charge in [0.15, 0.2) is 5.82 Å². The van der Waals surface area contributed by atoms with E-state index < -0.39 is 0 Å². The van der Waals surface area contributed by atoms with E-state index in [0.29, 0.717) is 0 Å². The summed E-state index contributed by atoms with van der Waals surface area (Å²) in [5, 5.41) is 25.8. The molecule has 0 spiro atoms. The number of aromatic nitrogens is 4. The highest BCUT2D eigenvalue weighted by molar-refractivity contribution is 5.05. The van der Waals surface area contributed by atoms with Crippen LogP contribution in [-0.4, -0.2) is 42.0 Å². The minimum Gasteiger partial charge on any atom is -0.313 e. The van der Waals surface area contributed by atoms with E-state index in [9.17, 15) is 5.21 Å². The molecular formula is C10H19N5O. The first-order chi connectivity index (χ1) is 7.33. The van der Waals surface area contributed by atoms with Gasteiger partial charge in [-0.1, -0.05) is 5.21 Å². The lowest BCUT2D eigenvalue weighted by Gasteiger charge is -2.50. The van der Waals surface area contributed by atoms with Crippen LogP contribution in [0.25, 0.3) is 0 Å². The second-order valence-corrected chi connectivity index (χ2v) is 5.81. The number of nitrogens with zero attached hydrogens (tertiary/aromatic N) is 4. The molecule has 1 aliphatic heterocycles. The Bertz CT molecular complexity index is 341. The van der Waals surface area contributed by atoms with Crippen LogP contribution in [0.3, 0.4) is 0 Å². The van der Waals surface area contributed by atoms with E-state index in [2.05, 4.69) is 20.6 Å². The fourth-order valence-electron chi connectivity index (χ4n) is 2.80. The molecule has 2 N–H and O–H groups in total. The molecule has 1 fully saturated rings. The Morgan fingerprint density at radius 1 is 1.25 bits per heavy atom. The number of aromatic amines is 1. The van der Waals surface area contributed by atoms with Gasteiger partial charge in [-0.25, -0.2) is 0 Å². The van der Waals surface area contributed by atoms with Crippen molar-refractivity contribution in [1.82, 2.24) is 25.7 Å². The number of piperidine rings is 1. The zero-order chi connectivity index (χ0) is 12.0. The first-order valence-corrected chi connectivity index (χ1v) is 5.55. The molecule has 0 aliphatic carbocycles. The largest absolute Gasteiger partial charge is 0.313 e. The van der Waals surface area contributed by atoms with Crippen molar-refractivity contribution in [3.8, 4) is 0 Å². The molecule has 0 bridgehead atoms. The average Bonchev–Trinajstić information content (AvgIpc) is 2.65. The van der Waals surface area contributed by atoms with Crippen LogP contribution in [0.5, 0.6) is 0 Å². The molecule has 1 aromatic rings. The molecule has 2 heterocycles. The predicted molar refractivity (Wildman–Crippen MR) is 57.9 cm³/mol. The highest BCUT2D eigenvalue weighted by Crippen LogP contribution is 2.43. The Balaban J connectivity index is 2.26. The minimum atomic E-state index is -0.271. The Morgan fingerprint density at radius 2 is 1.81 bits per heavy atom. The van der Waals surface area contributed by atoms with Crippen LogP contribution in [0.15, 0.2) is 0 Å². The number of hydrogen-bond donors (Lipinski definition) is 2. The van der Waals surface area contributed by atoms with Gasteiger partial charge in [-0.15, -0.1) is 10.2 Å². The molecule has 1 aliphatic rings. The van der Waals surface area contributed by atoms with Crippen molar-refractivity contribution in [3.63, 3.8) is 0 Å². The quantitative estimate of drug-likeness (QED) is 0.753. The maximum absolute atomic E-state index is 10.1. The molecule has 2 rings (SSSR count). The molecule has 0 radical (unpaired) electrons. The summed E-state index contributed by atoms with van der Waals surface area (Å²) in [4.78, 5) is 0. The molecule has 1 saturated heterocycles. The van der Waals surface area contributed by atoms with E-state index in [4.69, 9.17) is 0 Å². The lowest BCUT2D eigenvalue weighted by atomic mass is 9.75. The first kappa shape index (κ1) is 11.5. The van der Waals surface area contributed by atoms with Crippen LogP contribution < -0.4 is 0 Å². The Labute approximate surface area is 95.0 Å². The SMILES string of the molecule is CC1(C)CC(c2nn[nH]n2)CC(C)(C)N1O. The second-order valence-electron chi connectivity index (χ2n) is 5.81. The van der Waals surface area contributed by atoms with Crippen molar-refractivity contribution < 1.29 is 5.21 Å². The molecule has 0 aromatic carbocycles. The summed E-state index contributed by atoms with van der Waals surface area (Å²) in [5.74, 6) is 0.987. The molecule has 0 saturated carbocycles. The molecule has 0 atom stereocenters. The van der Waals surface area contributed by atoms with E-state index in [0.717, 1.165) is 18.7 Å². The van der Waals surface area contributed by atoms with Crippen LogP contribution in [0.4, 0.5) is 0 Å². The second kappa shape index (κ2) is 3.49. The van der Waals surface area contributed by atoms with Gasteiger partial charge in [0.05, 0.1) is 0 Å². The monoisotopic (exact) mass is 225 g/mol. The zero-order valence-electron chi connectivity index (χ0n) is 10.2. The lowest BCUT2D eigenvalue weighted by Crippen LogP contribution is -2.58. The highest BCUT2D eigenvalue weighted by Gasteiger charge is 2.46. The standard InChI is InChI=1S/C10H19N5O/c1-9(2)5-7(8-11-13-14-12-8)6-10(3,4)15(9)16/h7,16H,5-6H2,1-4H3,(H,11,12,13,14). The molecule has 0 unspecified atom stereocenters. The van der Waals surface area contributed by atoms with Crippen molar-refractivity contribution in [2.75, 3.05) is 0 Å². The van der Waals surface area contributed by atoms with E-state index in [1.165, 1.54) is 5.06 Å². The van der Waals surface area contributed by atoms with Gasteiger partial charge in [-0.2, -0.15) is 10.3 Å². The highest BCUT2D eigenvalue weighted by atomic mass is 16.5. The third kappa shape index (κ3) is 1.82. The van der Waals surface area contributed by atoms with Gasteiger partial charge in [-0.3, -0.25) is 0 Å². The smallest absolute Gasteiger partial charge is 0.177 e. The molecule has 16 heavy (non-hydrogen) atoms. The van der Waals surface area contributed by atoms with Crippen molar-refractivity contribution in [2.45, 2.75) is 57.5 Å². The maximum Gasteiger partial charge on any atom is 0.177 e. The fraction of sp³-hybridized carbons (Fsp3) is 0.900. The molecular weight excluding hydrogens is 206 g/mol. The van der Waals surface area contributed by atoms with Crippen molar-refractivity contribution >= 4 is 0 Å².